The summed E-state index contributed by atoms with van der Waals surface area (Å²) in [6.45, 7) is 2.06. The number of ether oxygens (including phenoxy) is 1. The van der Waals surface area contributed by atoms with Crippen LogP contribution in [0.4, 0.5) is 0 Å². The number of hydrogen-bond donors (Lipinski definition) is 1. The zero-order valence-electron chi connectivity index (χ0n) is 11.1. The predicted molar refractivity (Wildman–Crippen MR) is 85.4 cm³/mol. The monoisotopic (exact) mass is 354 g/mol. The molecular formula is C15H16BrClN2O. The Bertz CT molecular complexity index is 592. The van der Waals surface area contributed by atoms with Gasteiger partial charge >= 0.3 is 0 Å². The van der Waals surface area contributed by atoms with Gasteiger partial charge in [0.1, 0.15) is 11.5 Å². The first-order chi connectivity index (χ1) is 9.58. The second kappa shape index (κ2) is 7.07. The van der Waals surface area contributed by atoms with E-state index in [0.29, 0.717) is 10.8 Å². The summed E-state index contributed by atoms with van der Waals surface area (Å²) in [6.07, 6.45) is 5.02. The summed E-state index contributed by atoms with van der Waals surface area (Å²) < 4.78 is 6.76. The van der Waals surface area contributed by atoms with Gasteiger partial charge in [-0.05, 0) is 58.6 Å². The standard InChI is InChI=1S/C15H16BrClN2O/c1-2-13(18)6-10-5-12(17)3-4-15(10)20-14-7-11(16)8-19-9-14/h3-5,7-9,13H,2,6,18H2,1H3. The van der Waals surface area contributed by atoms with Gasteiger partial charge in [0.15, 0.2) is 0 Å². The lowest BCUT2D eigenvalue weighted by molar-refractivity contribution is 0.469. The topological polar surface area (TPSA) is 48.1 Å². The molecule has 0 spiro atoms. The van der Waals surface area contributed by atoms with Crippen LogP contribution in [0.1, 0.15) is 18.9 Å². The van der Waals surface area contributed by atoms with E-state index in [1.54, 1.807) is 12.4 Å². The van der Waals surface area contributed by atoms with E-state index in [1.807, 2.05) is 24.3 Å². The molecule has 1 aromatic heterocycles. The fourth-order valence-corrected chi connectivity index (χ4v) is 2.35. The van der Waals surface area contributed by atoms with Crippen molar-refractivity contribution in [1.82, 2.24) is 4.98 Å². The third kappa shape index (κ3) is 4.20. The van der Waals surface area contributed by atoms with Crippen molar-refractivity contribution in [2.75, 3.05) is 0 Å². The molecule has 0 bridgehead atoms. The van der Waals surface area contributed by atoms with Crippen LogP contribution in [0.2, 0.25) is 5.02 Å². The second-order valence-electron chi connectivity index (χ2n) is 4.57. The van der Waals surface area contributed by atoms with Crippen LogP contribution in [0.3, 0.4) is 0 Å². The summed E-state index contributed by atoms with van der Waals surface area (Å²) in [5, 5.41) is 0.683. The molecule has 106 valence electrons. The lowest BCUT2D eigenvalue weighted by Gasteiger charge is -2.14. The van der Waals surface area contributed by atoms with Crippen molar-refractivity contribution in [2.45, 2.75) is 25.8 Å². The van der Waals surface area contributed by atoms with Crippen molar-refractivity contribution in [2.24, 2.45) is 5.73 Å². The normalized spacial score (nSPS) is 12.2. The van der Waals surface area contributed by atoms with E-state index in [-0.39, 0.29) is 6.04 Å². The Kier molecular flexibility index (Phi) is 5.40. The molecule has 0 radical (unpaired) electrons. The van der Waals surface area contributed by atoms with Crippen molar-refractivity contribution < 1.29 is 4.74 Å². The van der Waals surface area contributed by atoms with Gasteiger partial charge in [-0.3, -0.25) is 4.98 Å². The van der Waals surface area contributed by atoms with Crippen molar-refractivity contribution >= 4 is 27.5 Å². The summed E-state index contributed by atoms with van der Waals surface area (Å²) in [5.41, 5.74) is 7.03. The highest BCUT2D eigenvalue weighted by Crippen LogP contribution is 2.29. The minimum Gasteiger partial charge on any atom is -0.455 e. The summed E-state index contributed by atoms with van der Waals surface area (Å²) in [7, 11) is 0. The van der Waals surface area contributed by atoms with Gasteiger partial charge in [-0.2, -0.15) is 0 Å². The maximum absolute atomic E-state index is 6.06. The molecule has 2 rings (SSSR count). The third-order valence-corrected chi connectivity index (χ3v) is 3.61. The van der Waals surface area contributed by atoms with Gasteiger partial charge in [0.05, 0.1) is 6.20 Å². The molecule has 0 aliphatic carbocycles. The van der Waals surface area contributed by atoms with Crippen LogP contribution < -0.4 is 10.5 Å². The summed E-state index contributed by atoms with van der Waals surface area (Å²) in [4.78, 5) is 4.08. The van der Waals surface area contributed by atoms with Crippen LogP contribution in [0.15, 0.2) is 41.1 Å². The molecule has 2 aromatic rings. The highest BCUT2D eigenvalue weighted by Gasteiger charge is 2.10. The van der Waals surface area contributed by atoms with Crippen molar-refractivity contribution in [1.29, 1.82) is 0 Å². The van der Waals surface area contributed by atoms with E-state index in [9.17, 15) is 0 Å². The Balaban J connectivity index is 2.26. The molecule has 2 N–H and O–H groups in total. The number of rotatable bonds is 5. The third-order valence-electron chi connectivity index (χ3n) is 2.94. The molecule has 3 nitrogen and oxygen atoms in total. The maximum atomic E-state index is 6.06. The molecule has 0 saturated heterocycles. The number of hydrogen-bond acceptors (Lipinski definition) is 3. The van der Waals surface area contributed by atoms with Gasteiger partial charge in [0.2, 0.25) is 0 Å². The molecule has 0 aliphatic heterocycles. The van der Waals surface area contributed by atoms with E-state index >= 15 is 0 Å². The molecule has 1 aromatic carbocycles. The van der Waals surface area contributed by atoms with E-state index in [2.05, 4.69) is 27.8 Å². The number of aromatic nitrogens is 1. The summed E-state index contributed by atoms with van der Waals surface area (Å²) >= 11 is 9.43. The van der Waals surface area contributed by atoms with E-state index in [4.69, 9.17) is 22.1 Å². The fraction of sp³-hybridized carbons (Fsp3) is 0.267. The molecule has 1 unspecified atom stereocenters. The Hall–Kier alpha value is -1.10. The average Bonchev–Trinajstić information content (AvgIpc) is 2.42. The number of halogens is 2. The van der Waals surface area contributed by atoms with Gasteiger partial charge in [-0.1, -0.05) is 18.5 Å². The van der Waals surface area contributed by atoms with E-state index in [1.165, 1.54) is 0 Å². The zero-order valence-corrected chi connectivity index (χ0v) is 13.5. The molecule has 1 heterocycles. The van der Waals surface area contributed by atoms with Crippen LogP contribution in [-0.2, 0) is 6.42 Å². The predicted octanol–water partition coefficient (Wildman–Crippen LogP) is 4.57. The maximum Gasteiger partial charge on any atom is 0.146 e. The smallest absolute Gasteiger partial charge is 0.146 e. The highest BCUT2D eigenvalue weighted by molar-refractivity contribution is 9.10. The Labute approximate surface area is 132 Å². The van der Waals surface area contributed by atoms with Crippen LogP contribution in [0.5, 0.6) is 11.5 Å². The molecular weight excluding hydrogens is 340 g/mol. The molecule has 0 aliphatic rings. The molecule has 0 amide bonds. The van der Waals surface area contributed by atoms with Gasteiger partial charge in [-0.15, -0.1) is 0 Å². The highest BCUT2D eigenvalue weighted by atomic mass is 79.9. The van der Waals surface area contributed by atoms with Crippen LogP contribution >= 0.6 is 27.5 Å². The van der Waals surface area contributed by atoms with Crippen molar-refractivity contribution in [3.63, 3.8) is 0 Å². The number of pyridine rings is 1. The molecule has 1 atom stereocenters. The molecule has 0 saturated carbocycles. The SMILES string of the molecule is CCC(N)Cc1cc(Cl)ccc1Oc1cncc(Br)c1. The molecule has 20 heavy (non-hydrogen) atoms. The zero-order chi connectivity index (χ0) is 14.5. The number of nitrogens with two attached hydrogens (primary N) is 1. The number of benzene rings is 1. The van der Waals surface area contributed by atoms with Crippen LogP contribution in [0.25, 0.3) is 0 Å². The van der Waals surface area contributed by atoms with Gasteiger partial charge in [0.25, 0.3) is 0 Å². The first-order valence-corrected chi connectivity index (χ1v) is 7.58. The van der Waals surface area contributed by atoms with Crippen LogP contribution in [0, 0.1) is 0 Å². The Morgan fingerprint density at radius 3 is 2.85 bits per heavy atom. The van der Waals surface area contributed by atoms with E-state index in [0.717, 1.165) is 28.6 Å². The lowest BCUT2D eigenvalue weighted by Crippen LogP contribution is -2.21. The first kappa shape index (κ1) is 15.3. The summed E-state index contributed by atoms with van der Waals surface area (Å²) in [5.74, 6) is 1.44. The summed E-state index contributed by atoms with van der Waals surface area (Å²) in [6, 6.07) is 7.53. The van der Waals surface area contributed by atoms with E-state index < -0.39 is 0 Å². The molecule has 0 fully saturated rings. The van der Waals surface area contributed by atoms with Gasteiger partial charge in [-0.25, -0.2) is 0 Å². The van der Waals surface area contributed by atoms with Crippen LogP contribution in [-0.4, -0.2) is 11.0 Å². The number of nitrogens with zero attached hydrogens (tertiary/aromatic N) is 1. The Morgan fingerprint density at radius 1 is 1.35 bits per heavy atom. The second-order valence-corrected chi connectivity index (χ2v) is 5.92. The fourth-order valence-electron chi connectivity index (χ4n) is 1.81. The van der Waals surface area contributed by atoms with Crippen molar-refractivity contribution in [3.05, 3.63) is 51.7 Å². The molecule has 5 heteroatoms. The largest absolute Gasteiger partial charge is 0.455 e. The minimum atomic E-state index is 0.0939. The van der Waals surface area contributed by atoms with Gasteiger partial charge in [0, 0.05) is 21.7 Å². The lowest BCUT2D eigenvalue weighted by atomic mass is 10.0. The first-order valence-electron chi connectivity index (χ1n) is 6.41. The quantitative estimate of drug-likeness (QED) is 0.854. The minimum absolute atomic E-state index is 0.0939. The Morgan fingerprint density at radius 2 is 2.15 bits per heavy atom. The average molecular weight is 356 g/mol. The van der Waals surface area contributed by atoms with Crippen molar-refractivity contribution in [3.8, 4) is 11.5 Å². The van der Waals surface area contributed by atoms with Gasteiger partial charge < -0.3 is 10.5 Å².